The second-order valence-electron chi connectivity index (χ2n) is 9.17. The zero-order valence-corrected chi connectivity index (χ0v) is 18.1. The number of piperidine rings is 1. The van der Waals surface area contributed by atoms with Gasteiger partial charge < -0.3 is 9.47 Å². The van der Waals surface area contributed by atoms with Gasteiger partial charge in [0.1, 0.15) is 0 Å². The van der Waals surface area contributed by atoms with E-state index in [1.165, 1.54) is 5.69 Å². The Kier molecular flexibility index (Phi) is 5.58. The molecule has 5 rings (SSSR count). The first kappa shape index (κ1) is 20.3. The molecule has 5 heterocycles. The Balaban J connectivity index is 1.28. The molecule has 0 saturated carbocycles. The number of hydrogen-bond donors (Lipinski definition) is 0. The fourth-order valence-electron chi connectivity index (χ4n) is 5.44. The summed E-state index contributed by atoms with van der Waals surface area (Å²) in [5.41, 5.74) is 3.22. The lowest BCUT2D eigenvalue weighted by molar-refractivity contribution is -0.130. The molecule has 0 radical (unpaired) electrons. The van der Waals surface area contributed by atoms with Crippen LogP contribution in [0.5, 0.6) is 0 Å². The summed E-state index contributed by atoms with van der Waals surface area (Å²) >= 11 is 0. The third-order valence-corrected chi connectivity index (χ3v) is 6.97. The monoisotopic (exact) mass is 422 g/mol. The summed E-state index contributed by atoms with van der Waals surface area (Å²) in [6.07, 6.45) is 6.45. The minimum atomic E-state index is 0.133. The first-order valence-corrected chi connectivity index (χ1v) is 11.2. The van der Waals surface area contributed by atoms with E-state index in [0.29, 0.717) is 18.4 Å². The van der Waals surface area contributed by atoms with Gasteiger partial charge in [-0.2, -0.15) is 0 Å². The lowest BCUT2D eigenvalue weighted by Gasteiger charge is -2.43. The highest BCUT2D eigenvalue weighted by Gasteiger charge is 2.35. The topological polar surface area (TPSA) is 74.6 Å². The Morgan fingerprint density at radius 1 is 1.03 bits per heavy atom. The standard InChI is InChI=1S/C23H30N6O2/c1-17(30)28-8-6-26(7-9-28)14-19-2-3-22-20-10-18(13-29(22)23(19)31)12-27(15-20)16-21-11-24-4-5-25-21/h2-5,11,18,20H,6-10,12-16H2,1H3/t18-,20+/m0/s1. The van der Waals surface area contributed by atoms with Crippen molar-refractivity contribution in [3.63, 3.8) is 0 Å². The molecule has 3 aliphatic rings. The van der Waals surface area contributed by atoms with Gasteiger partial charge in [-0.1, -0.05) is 6.07 Å². The Morgan fingerprint density at radius 2 is 1.87 bits per heavy atom. The molecule has 164 valence electrons. The molecular weight excluding hydrogens is 392 g/mol. The van der Waals surface area contributed by atoms with Crippen LogP contribution in [0.1, 0.15) is 36.2 Å². The normalized spacial score (nSPS) is 24.1. The van der Waals surface area contributed by atoms with Crippen LogP contribution in [0.2, 0.25) is 0 Å². The number of aromatic nitrogens is 3. The maximum Gasteiger partial charge on any atom is 0.255 e. The molecule has 31 heavy (non-hydrogen) atoms. The van der Waals surface area contributed by atoms with Crippen LogP contribution in [-0.4, -0.2) is 74.4 Å². The van der Waals surface area contributed by atoms with Gasteiger partial charge in [0.05, 0.1) is 5.69 Å². The number of pyridine rings is 1. The lowest BCUT2D eigenvalue weighted by Crippen LogP contribution is -2.49. The lowest BCUT2D eigenvalue weighted by atomic mass is 9.83. The molecule has 0 spiro atoms. The number of rotatable bonds is 4. The molecule has 1 amide bonds. The minimum absolute atomic E-state index is 0.133. The van der Waals surface area contributed by atoms with Gasteiger partial charge in [0, 0.05) is 102 Å². The molecular formula is C23H30N6O2. The number of piperazine rings is 1. The minimum Gasteiger partial charge on any atom is -0.340 e. The molecule has 0 aromatic carbocycles. The Bertz CT molecular complexity index is 999. The zero-order chi connectivity index (χ0) is 21.4. The molecule has 2 aromatic heterocycles. The van der Waals surface area contributed by atoms with Gasteiger partial charge in [0.25, 0.3) is 5.56 Å². The second-order valence-corrected chi connectivity index (χ2v) is 9.17. The molecule has 2 fully saturated rings. The van der Waals surface area contributed by atoms with Crippen LogP contribution in [0.25, 0.3) is 0 Å². The quantitative estimate of drug-likeness (QED) is 0.730. The molecule has 0 aliphatic carbocycles. The molecule has 8 heteroatoms. The number of likely N-dealkylation sites (tertiary alicyclic amines) is 1. The van der Waals surface area contributed by atoms with Gasteiger partial charge in [-0.25, -0.2) is 0 Å². The van der Waals surface area contributed by atoms with Crippen LogP contribution in [-0.2, 0) is 24.4 Å². The van der Waals surface area contributed by atoms with E-state index in [-0.39, 0.29) is 11.5 Å². The molecule has 0 unspecified atom stereocenters. The summed E-state index contributed by atoms with van der Waals surface area (Å²) in [5.74, 6) is 1.02. The van der Waals surface area contributed by atoms with Gasteiger partial charge in [-0.05, 0) is 18.4 Å². The first-order chi connectivity index (χ1) is 15.1. The van der Waals surface area contributed by atoms with Crippen molar-refractivity contribution in [1.29, 1.82) is 0 Å². The summed E-state index contributed by atoms with van der Waals surface area (Å²) in [6.45, 7) is 8.99. The summed E-state index contributed by atoms with van der Waals surface area (Å²) < 4.78 is 2.04. The molecule has 0 N–H and O–H groups in total. The van der Waals surface area contributed by atoms with E-state index < -0.39 is 0 Å². The number of nitrogens with zero attached hydrogens (tertiary/aromatic N) is 6. The van der Waals surface area contributed by atoms with Crippen LogP contribution in [0.4, 0.5) is 0 Å². The number of carbonyl (C=O) groups is 1. The summed E-state index contributed by atoms with van der Waals surface area (Å²) in [7, 11) is 0. The van der Waals surface area contributed by atoms with Gasteiger partial charge in [0.2, 0.25) is 5.91 Å². The van der Waals surface area contributed by atoms with E-state index in [1.54, 1.807) is 19.3 Å². The van der Waals surface area contributed by atoms with Crippen LogP contribution < -0.4 is 5.56 Å². The Hall–Kier alpha value is -2.58. The number of fused-ring (bicyclic) bond motifs is 4. The molecule has 2 atom stereocenters. The van der Waals surface area contributed by atoms with Crippen molar-refractivity contribution in [3.8, 4) is 0 Å². The first-order valence-electron chi connectivity index (χ1n) is 11.2. The van der Waals surface area contributed by atoms with Crippen molar-refractivity contribution in [2.45, 2.75) is 38.9 Å². The highest BCUT2D eigenvalue weighted by molar-refractivity contribution is 5.73. The smallest absolute Gasteiger partial charge is 0.255 e. The molecule has 2 saturated heterocycles. The van der Waals surface area contributed by atoms with Gasteiger partial charge >= 0.3 is 0 Å². The molecule has 8 nitrogen and oxygen atoms in total. The fourth-order valence-corrected chi connectivity index (χ4v) is 5.44. The fraction of sp³-hybridized carbons (Fsp3) is 0.565. The van der Waals surface area contributed by atoms with Crippen LogP contribution >= 0.6 is 0 Å². The van der Waals surface area contributed by atoms with Gasteiger partial charge in [0.15, 0.2) is 0 Å². The zero-order valence-electron chi connectivity index (χ0n) is 18.1. The number of amides is 1. The largest absolute Gasteiger partial charge is 0.340 e. The maximum atomic E-state index is 13.3. The SMILES string of the molecule is CC(=O)N1CCN(Cc2ccc3n(c2=O)C[C@H]2C[C@@H]3CN(Cc3cnccn3)C2)CC1. The average Bonchev–Trinajstić information content (AvgIpc) is 2.77. The van der Waals surface area contributed by atoms with Crippen molar-refractivity contribution in [3.05, 3.63) is 58.0 Å². The summed E-state index contributed by atoms with van der Waals surface area (Å²) in [5, 5.41) is 0. The summed E-state index contributed by atoms with van der Waals surface area (Å²) in [6, 6.07) is 4.21. The van der Waals surface area contributed by atoms with Crippen molar-refractivity contribution in [1.82, 2.24) is 29.2 Å². The van der Waals surface area contributed by atoms with E-state index in [9.17, 15) is 9.59 Å². The van der Waals surface area contributed by atoms with Gasteiger partial charge in [-0.3, -0.25) is 29.4 Å². The summed E-state index contributed by atoms with van der Waals surface area (Å²) in [4.78, 5) is 40.1. The van der Waals surface area contributed by atoms with E-state index in [1.807, 2.05) is 21.7 Å². The number of carbonyl (C=O) groups excluding carboxylic acids is 1. The van der Waals surface area contributed by atoms with E-state index in [2.05, 4.69) is 25.8 Å². The van der Waals surface area contributed by atoms with Crippen LogP contribution in [0, 0.1) is 5.92 Å². The van der Waals surface area contributed by atoms with Crippen LogP contribution in [0.3, 0.4) is 0 Å². The number of hydrogen-bond acceptors (Lipinski definition) is 6. The average molecular weight is 423 g/mol. The highest BCUT2D eigenvalue weighted by atomic mass is 16.2. The third kappa shape index (κ3) is 4.27. The van der Waals surface area contributed by atoms with E-state index in [0.717, 1.165) is 70.0 Å². The van der Waals surface area contributed by atoms with Crippen molar-refractivity contribution in [2.75, 3.05) is 39.3 Å². The van der Waals surface area contributed by atoms with E-state index >= 15 is 0 Å². The third-order valence-electron chi connectivity index (χ3n) is 6.97. The van der Waals surface area contributed by atoms with Crippen molar-refractivity contribution in [2.24, 2.45) is 5.92 Å². The predicted octanol–water partition coefficient (Wildman–Crippen LogP) is 0.922. The molecule has 3 aliphatic heterocycles. The molecule has 2 aromatic rings. The maximum absolute atomic E-state index is 13.3. The van der Waals surface area contributed by atoms with E-state index in [4.69, 9.17) is 0 Å². The second kappa shape index (κ2) is 8.51. The molecule has 2 bridgehead atoms. The highest BCUT2D eigenvalue weighted by Crippen LogP contribution is 2.35. The van der Waals surface area contributed by atoms with Crippen molar-refractivity contribution >= 4 is 5.91 Å². The van der Waals surface area contributed by atoms with Gasteiger partial charge in [-0.15, -0.1) is 0 Å². The Labute approximate surface area is 182 Å². The Morgan fingerprint density at radius 3 is 2.61 bits per heavy atom. The predicted molar refractivity (Wildman–Crippen MR) is 116 cm³/mol. The van der Waals surface area contributed by atoms with Crippen molar-refractivity contribution < 1.29 is 4.79 Å². The van der Waals surface area contributed by atoms with Crippen LogP contribution in [0.15, 0.2) is 35.5 Å².